The third-order valence-corrected chi connectivity index (χ3v) is 2.61. The van der Waals surface area contributed by atoms with E-state index in [1.807, 2.05) is 37.3 Å². The first-order valence-corrected chi connectivity index (χ1v) is 5.69. The molecule has 0 spiro atoms. The highest BCUT2D eigenvalue weighted by Gasteiger charge is 2.07. The van der Waals surface area contributed by atoms with Gasteiger partial charge in [0.1, 0.15) is 0 Å². The van der Waals surface area contributed by atoms with Gasteiger partial charge < -0.3 is 10.0 Å². The number of rotatable bonds is 7. The van der Waals surface area contributed by atoms with Gasteiger partial charge in [0.2, 0.25) is 0 Å². The van der Waals surface area contributed by atoms with Crippen LogP contribution in [0.3, 0.4) is 0 Å². The van der Waals surface area contributed by atoms with Crippen LogP contribution in [-0.4, -0.2) is 42.0 Å². The standard InChI is InChI=1S/C13H19NO2/c1-2-14(10-11-15)9-8-13(16)12-6-4-3-5-7-12/h3-7,15H,2,8-11H2,1H3. The molecule has 88 valence electrons. The average molecular weight is 221 g/mol. The number of benzene rings is 1. The highest BCUT2D eigenvalue weighted by atomic mass is 16.3. The van der Waals surface area contributed by atoms with E-state index in [4.69, 9.17) is 5.11 Å². The molecule has 1 rings (SSSR count). The predicted octanol–water partition coefficient (Wildman–Crippen LogP) is 1.57. The van der Waals surface area contributed by atoms with Crippen LogP contribution in [0.15, 0.2) is 30.3 Å². The molecule has 0 atom stereocenters. The number of ketones is 1. The molecule has 0 unspecified atom stereocenters. The maximum absolute atomic E-state index is 11.8. The molecule has 1 aromatic rings. The molecule has 16 heavy (non-hydrogen) atoms. The number of carbonyl (C=O) groups is 1. The predicted molar refractivity (Wildman–Crippen MR) is 64.6 cm³/mol. The number of nitrogens with zero attached hydrogens (tertiary/aromatic N) is 1. The van der Waals surface area contributed by atoms with Crippen LogP contribution in [0.1, 0.15) is 23.7 Å². The Morgan fingerprint density at radius 1 is 1.25 bits per heavy atom. The van der Waals surface area contributed by atoms with Crippen molar-refractivity contribution in [1.29, 1.82) is 0 Å². The van der Waals surface area contributed by atoms with E-state index in [0.29, 0.717) is 19.5 Å². The minimum Gasteiger partial charge on any atom is -0.395 e. The molecule has 0 bridgehead atoms. The van der Waals surface area contributed by atoms with E-state index in [1.165, 1.54) is 0 Å². The van der Waals surface area contributed by atoms with Crippen LogP contribution in [0, 0.1) is 0 Å². The van der Waals surface area contributed by atoms with Gasteiger partial charge in [-0.05, 0) is 6.54 Å². The van der Waals surface area contributed by atoms with Gasteiger partial charge in [0.15, 0.2) is 5.78 Å². The number of carbonyl (C=O) groups excluding carboxylic acids is 1. The summed E-state index contributed by atoms with van der Waals surface area (Å²) >= 11 is 0. The molecule has 0 aromatic heterocycles. The van der Waals surface area contributed by atoms with E-state index in [1.54, 1.807) is 0 Å². The summed E-state index contributed by atoms with van der Waals surface area (Å²) in [6.45, 7) is 4.39. The monoisotopic (exact) mass is 221 g/mol. The minimum absolute atomic E-state index is 0.146. The number of aliphatic hydroxyl groups excluding tert-OH is 1. The zero-order chi connectivity index (χ0) is 11.8. The van der Waals surface area contributed by atoms with Gasteiger partial charge in [-0.3, -0.25) is 4.79 Å². The lowest BCUT2D eigenvalue weighted by atomic mass is 10.1. The fourth-order valence-electron chi connectivity index (χ4n) is 1.60. The normalized spacial score (nSPS) is 10.7. The van der Waals surface area contributed by atoms with E-state index >= 15 is 0 Å². The maximum Gasteiger partial charge on any atom is 0.164 e. The highest BCUT2D eigenvalue weighted by molar-refractivity contribution is 5.96. The van der Waals surface area contributed by atoms with Crippen molar-refractivity contribution in [3.8, 4) is 0 Å². The van der Waals surface area contributed by atoms with Gasteiger partial charge >= 0.3 is 0 Å². The molecule has 0 saturated heterocycles. The molecule has 3 heteroatoms. The van der Waals surface area contributed by atoms with Crippen molar-refractivity contribution in [2.24, 2.45) is 0 Å². The van der Waals surface area contributed by atoms with Crippen LogP contribution in [0.25, 0.3) is 0 Å². The first-order chi connectivity index (χ1) is 7.77. The summed E-state index contributed by atoms with van der Waals surface area (Å²) < 4.78 is 0. The van der Waals surface area contributed by atoms with Crippen molar-refractivity contribution in [2.75, 3.05) is 26.2 Å². The number of aliphatic hydroxyl groups is 1. The van der Waals surface area contributed by atoms with Crippen LogP contribution >= 0.6 is 0 Å². The quantitative estimate of drug-likeness (QED) is 0.711. The van der Waals surface area contributed by atoms with Crippen molar-refractivity contribution in [3.05, 3.63) is 35.9 Å². The molecule has 0 heterocycles. The summed E-state index contributed by atoms with van der Waals surface area (Å²) in [6, 6.07) is 9.33. The molecule has 1 aromatic carbocycles. The lowest BCUT2D eigenvalue weighted by Gasteiger charge is -2.18. The van der Waals surface area contributed by atoms with Crippen LogP contribution in [0.2, 0.25) is 0 Å². The summed E-state index contributed by atoms with van der Waals surface area (Å²) in [5, 5.41) is 8.82. The third-order valence-electron chi connectivity index (χ3n) is 2.61. The summed E-state index contributed by atoms with van der Waals surface area (Å²) in [7, 11) is 0. The largest absolute Gasteiger partial charge is 0.395 e. The molecular formula is C13H19NO2. The Balaban J connectivity index is 2.40. The minimum atomic E-state index is 0.146. The zero-order valence-corrected chi connectivity index (χ0v) is 9.72. The van der Waals surface area contributed by atoms with Gasteiger partial charge in [0.05, 0.1) is 6.61 Å². The average Bonchev–Trinajstić information content (AvgIpc) is 2.35. The van der Waals surface area contributed by atoms with E-state index in [-0.39, 0.29) is 12.4 Å². The Hall–Kier alpha value is -1.19. The fraction of sp³-hybridized carbons (Fsp3) is 0.462. The molecule has 0 saturated carbocycles. The summed E-state index contributed by atoms with van der Waals surface area (Å²) in [5.41, 5.74) is 0.766. The molecular weight excluding hydrogens is 202 g/mol. The van der Waals surface area contributed by atoms with Crippen molar-refractivity contribution >= 4 is 5.78 Å². The molecule has 0 fully saturated rings. The molecule has 0 amide bonds. The Bertz CT molecular complexity index is 311. The molecule has 0 aliphatic carbocycles. The topological polar surface area (TPSA) is 40.5 Å². The third kappa shape index (κ3) is 4.13. The van der Waals surface area contributed by atoms with Crippen molar-refractivity contribution in [1.82, 2.24) is 4.90 Å². The van der Waals surface area contributed by atoms with Crippen LogP contribution in [0.4, 0.5) is 0 Å². The second-order valence-electron chi connectivity index (χ2n) is 3.70. The first kappa shape index (κ1) is 12.9. The van der Waals surface area contributed by atoms with Gasteiger partial charge in [-0.1, -0.05) is 37.3 Å². The smallest absolute Gasteiger partial charge is 0.164 e. The SMILES string of the molecule is CCN(CCO)CCC(=O)c1ccccc1. The molecule has 0 aliphatic heterocycles. The maximum atomic E-state index is 11.8. The lowest BCUT2D eigenvalue weighted by Crippen LogP contribution is -2.29. The van der Waals surface area contributed by atoms with Crippen LogP contribution in [0.5, 0.6) is 0 Å². The number of hydrogen-bond donors (Lipinski definition) is 1. The molecule has 0 aliphatic rings. The summed E-state index contributed by atoms with van der Waals surface area (Å²) in [5.74, 6) is 0.164. The zero-order valence-electron chi connectivity index (χ0n) is 9.72. The number of hydrogen-bond acceptors (Lipinski definition) is 3. The Labute approximate surface area is 96.7 Å². The number of Topliss-reactive ketones (excluding diaryl/α,β-unsaturated/α-hetero) is 1. The second-order valence-corrected chi connectivity index (χ2v) is 3.70. The lowest BCUT2D eigenvalue weighted by molar-refractivity contribution is 0.0959. The number of likely N-dealkylation sites (N-methyl/N-ethyl adjacent to an activating group) is 1. The van der Waals surface area contributed by atoms with Crippen molar-refractivity contribution in [2.45, 2.75) is 13.3 Å². The first-order valence-electron chi connectivity index (χ1n) is 5.69. The van der Waals surface area contributed by atoms with Gasteiger partial charge in [0, 0.05) is 25.1 Å². The van der Waals surface area contributed by atoms with E-state index in [0.717, 1.165) is 12.1 Å². The molecule has 1 N–H and O–H groups in total. The van der Waals surface area contributed by atoms with Crippen molar-refractivity contribution in [3.63, 3.8) is 0 Å². The van der Waals surface area contributed by atoms with Gasteiger partial charge in [-0.2, -0.15) is 0 Å². The van der Waals surface area contributed by atoms with E-state index in [9.17, 15) is 4.79 Å². The van der Waals surface area contributed by atoms with Gasteiger partial charge in [-0.25, -0.2) is 0 Å². The summed E-state index contributed by atoms with van der Waals surface area (Å²) in [6.07, 6.45) is 0.512. The summed E-state index contributed by atoms with van der Waals surface area (Å²) in [4.78, 5) is 13.9. The van der Waals surface area contributed by atoms with Gasteiger partial charge in [-0.15, -0.1) is 0 Å². The highest BCUT2D eigenvalue weighted by Crippen LogP contribution is 2.03. The Kier molecular flexibility index (Phi) is 5.75. The van der Waals surface area contributed by atoms with Crippen LogP contribution in [-0.2, 0) is 0 Å². The van der Waals surface area contributed by atoms with E-state index in [2.05, 4.69) is 4.90 Å². The Morgan fingerprint density at radius 3 is 2.50 bits per heavy atom. The second kappa shape index (κ2) is 7.14. The fourth-order valence-corrected chi connectivity index (χ4v) is 1.60. The molecule has 3 nitrogen and oxygen atoms in total. The van der Waals surface area contributed by atoms with E-state index < -0.39 is 0 Å². The van der Waals surface area contributed by atoms with Gasteiger partial charge in [0.25, 0.3) is 0 Å². The van der Waals surface area contributed by atoms with Crippen LogP contribution < -0.4 is 0 Å². The Morgan fingerprint density at radius 2 is 1.94 bits per heavy atom. The van der Waals surface area contributed by atoms with Crippen molar-refractivity contribution < 1.29 is 9.90 Å². The molecule has 0 radical (unpaired) electrons.